The number of aliphatic carboxylic acids is 1. The molecule has 0 bridgehead atoms. The van der Waals surface area contributed by atoms with Crippen molar-refractivity contribution in [3.8, 4) is 0 Å². The summed E-state index contributed by atoms with van der Waals surface area (Å²) in [4.78, 5) is 21.6. The van der Waals surface area contributed by atoms with E-state index >= 15 is 0 Å². The molecule has 0 rings (SSSR count). The lowest BCUT2D eigenvalue weighted by Crippen LogP contribution is -2.43. The molecule has 13 heavy (non-hydrogen) atoms. The van der Waals surface area contributed by atoms with Gasteiger partial charge in [-0.1, -0.05) is 0 Å². The molecule has 0 aliphatic heterocycles. The number of hydrogen-bond donors (Lipinski definition) is 2. The normalized spacial score (nSPS) is 13.5. The van der Waals surface area contributed by atoms with E-state index in [1.807, 2.05) is 0 Å². The number of hydrogen-bond acceptors (Lipinski definition) is 4. The first-order valence-electron chi connectivity index (χ1n) is 3.92. The van der Waals surface area contributed by atoms with Gasteiger partial charge in [-0.2, -0.15) is 0 Å². The van der Waals surface area contributed by atoms with E-state index in [0.29, 0.717) is 0 Å². The number of carboxylic acids is 1. The van der Waals surface area contributed by atoms with Crippen LogP contribution in [0.25, 0.3) is 0 Å². The second kappa shape index (κ2) is 4.23. The SMILES string of the molecule is CCOC(=O)C(C)(C)C(O)C(=O)O. The minimum atomic E-state index is -1.74. The standard InChI is InChI=1S/C8H14O5/c1-4-13-7(12)8(2,3)5(9)6(10)11/h5,9H,4H2,1-3H3,(H,10,11). The predicted molar refractivity (Wildman–Crippen MR) is 44.1 cm³/mol. The molecule has 0 aromatic rings. The Morgan fingerprint density at radius 1 is 1.46 bits per heavy atom. The maximum atomic E-state index is 11.2. The minimum Gasteiger partial charge on any atom is -0.479 e. The van der Waals surface area contributed by atoms with Crippen LogP contribution in [0.4, 0.5) is 0 Å². The van der Waals surface area contributed by atoms with E-state index in [2.05, 4.69) is 4.74 Å². The number of carboxylic acid groups (broad SMARTS) is 1. The molecule has 76 valence electrons. The molecule has 0 amide bonds. The third-order valence-corrected chi connectivity index (χ3v) is 1.72. The Labute approximate surface area is 76.3 Å². The summed E-state index contributed by atoms with van der Waals surface area (Å²) >= 11 is 0. The number of carbonyl (C=O) groups is 2. The second-order valence-corrected chi connectivity index (χ2v) is 3.18. The van der Waals surface area contributed by atoms with Crippen LogP contribution in [-0.2, 0) is 14.3 Å². The first-order chi connectivity index (χ1) is 5.84. The van der Waals surface area contributed by atoms with E-state index in [1.54, 1.807) is 6.92 Å². The molecule has 1 atom stereocenters. The Kier molecular flexibility index (Phi) is 3.87. The minimum absolute atomic E-state index is 0.161. The van der Waals surface area contributed by atoms with Gasteiger partial charge in [0.05, 0.1) is 12.0 Å². The van der Waals surface area contributed by atoms with E-state index in [9.17, 15) is 9.59 Å². The quantitative estimate of drug-likeness (QED) is 0.610. The fraction of sp³-hybridized carbons (Fsp3) is 0.750. The molecule has 1 unspecified atom stereocenters. The van der Waals surface area contributed by atoms with Crippen molar-refractivity contribution >= 4 is 11.9 Å². The van der Waals surface area contributed by atoms with Gasteiger partial charge in [-0.05, 0) is 20.8 Å². The summed E-state index contributed by atoms with van der Waals surface area (Å²) in [6, 6.07) is 0. The highest BCUT2D eigenvalue weighted by Gasteiger charge is 2.41. The molecule has 0 aromatic carbocycles. The average molecular weight is 190 g/mol. The second-order valence-electron chi connectivity index (χ2n) is 3.18. The molecule has 0 saturated heterocycles. The highest BCUT2D eigenvalue weighted by atomic mass is 16.5. The van der Waals surface area contributed by atoms with Crippen molar-refractivity contribution in [1.29, 1.82) is 0 Å². The Hall–Kier alpha value is -1.10. The summed E-state index contributed by atoms with van der Waals surface area (Å²) < 4.78 is 4.62. The van der Waals surface area contributed by atoms with Gasteiger partial charge in [-0.3, -0.25) is 4.79 Å². The van der Waals surface area contributed by atoms with E-state index in [0.717, 1.165) is 0 Å². The Balaban J connectivity index is 4.54. The number of aliphatic hydroxyl groups excluding tert-OH is 1. The summed E-state index contributed by atoms with van der Waals surface area (Å²) in [6.45, 7) is 4.42. The fourth-order valence-corrected chi connectivity index (χ4v) is 0.737. The van der Waals surface area contributed by atoms with Crippen molar-refractivity contribution in [3.05, 3.63) is 0 Å². The summed E-state index contributed by atoms with van der Waals surface area (Å²) in [5.41, 5.74) is -1.41. The molecular formula is C8H14O5. The topological polar surface area (TPSA) is 83.8 Å². The van der Waals surface area contributed by atoms with Crippen molar-refractivity contribution in [2.75, 3.05) is 6.61 Å². The molecule has 5 heteroatoms. The van der Waals surface area contributed by atoms with Crippen LogP contribution in [0.3, 0.4) is 0 Å². The highest BCUT2D eigenvalue weighted by Crippen LogP contribution is 2.22. The molecule has 0 heterocycles. The van der Waals surface area contributed by atoms with Crippen LogP contribution in [0.1, 0.15) is 20.8 Å². The smallest absolute Gasteiger partial charge is 0.333 e. The zero-order chi connectivity index (χ0) is 10.6. The van der Waals surface area contributed by atoms with Gasteiger partial charge in [-0.15, -0.1) is 0 Å². The van der Waals surface area contributed by atoms with Crippen LogP contribution in [0.5, 0.6) is 0 Å². The van der Waals surface area contributed by atoms with Crippen LogP contribution in [-0.4, -0.2) is 34.9 Å². The maximum Gasteiger partial charge on any atom is 0.333 e. The number of carbonyl (C=O) groups excluding carboxylic acids is 1. The van der Waals surface area contributed by atoms with Gasteiger partial charge in [-0.25, -0.2) is 4.79 Å². The monoisotopic (exact) mass is 190 g/mol. The number of ether oxygens (including phenoxy) is 1. The molecule has 0 radical (unpaired) electrons. The van der Waals surface area contributed by atoms with Gasteiger partial charge in [0.2, 0.25) is 0 Å². The van der Waals surface area contributed by atoms with Crippen LogP contribution < -0.4 is 0 Å². The van der Waals surface area contributed by atoms with Gasteiger partial charge in [0.25, 0.3) is 0 Å². The van der Waals surface area contributed by atoms with E-state index in [1.165, 1.54) is 13.8 Å². The zero-order valence-corrected chi connectivity index (χ0v) is 7.90. The third kappa shape index (κ3) is 2.69. The Morgan fingerprint density at radius 2 is 1.92 bits per heavy atom. The molecule has 0 spiro atoms. The number of aliphatic hydroxyl groups is 1. The summed E-state index contributed by atoms with van der Waals surface area (Å²) in [5.74, 6) is -2.15. The molecule has 0 aromatic heterocycles. The molecule has 0 fully saturated rings. The fourth-order valence-electron chi connectivity index (χ4n) is 0.737. The molecule has 2 N–H and O–H groups in total. The molecule has 0 aliphatic carbocycles. The van der Waals surface area contributed by atoms with Crippen LogP contribution in [0.2, 0.25) is 0 Å². The van der Waals surface area contributed by atoms with Gasteiger partial charge in [0, 0.05) is 0 Å². The predicted octanol–water partition coefficient (Wildman–Crippen LogP) is 0.0212. The van der Waals surface area contributed by atoms with Crippen molar-refractivity contribution in [3.63, 3.8) is 0 Å². The van der Waals surface area contributed by atoms with Crippen LogP contribution in [0.15, 0.2) is 0 Å². The highest BCUT2D eigenvalue weighted by molar-refractivity contribution is 5.85. The number of esters is 1. The van der Waals surface area contributed by atoms with Gasteiger partial charge in [0.1, 0.15) is 0 Å². The molecule has 0 aliphatic rings. The van der Waals surface area contributed by atoms with Crippen LogP contribution in [0, 0.1) is 5.41 Å². The maximum absolute atomic E-state index is 11.2. The van der Waals surface area contributed by atoms with Crippen molar-refractivity contribution in [2.45, 2.75) is 26.9 Å². The summed E-state index contributed by atoms with van der Waals surface area (Å²) in [5, 5.41) is 17.6. The average Bonchev–Trinajstić information content (AvgIpc) is 2.03. The summed E-state index contributed by atoms with van der Waals surface area (Å²) in [7, 11) is 0. The van der Waals surface area contributed by atoms with Gasteiger partial charge < -0.3 is 14.9 Å². The zero-order valence-electron chi connectivity index (χ0n) is 7.90. The Morgan fingerprint density at radius 3 is 2.23 bits per heavy atom. The molecule has 0 saturated carbocycles. The molecule has 5 nitrogen and oxygen atoms in total. The van der Waals surface area contributed by atoms with E-state index in [-0.39, 0.29) is 6.61 Å². The van der Waals surface area contributed by atoms with E-state index < -0.39 is 23.5 Å². The summed E-state index contributed by atoms with van der Waals surface area (Å²) in [6.07, 6.45) is -1.74. The lowest BCUT2D eigenvalue weighted by Gasteiger charge is -2.24. The Bertz CT molecular complexity index is 209. The van der Waals surface area contributed by atoms with Crippen molar-refractivity contribution < 1.29 is 24.5 Å². The van der Waals surface area contributed by atoms with Gasteiger partial charge >= 0.3 is 11.9 Å². The van der Waals surface area contributed by atoms with Crippen LogP contribution >= 0.6 is 0 Å². The molecular weight excluding hydrogens is 176 g/mol. The lowest BCUT2D eigenvalue weighted by atomic mass is 9.87. The third-order valence-electron chi connectivity index (χ3n) is 1.72. The van der Waals surface area contributed by atoms with E-state index in [4.69, 9.17) is 10.2 Å². The van der Waals surface area contributed by atoms with Crippen molar-refractivity contribution in [2.24, 2.45) is 5.41 Å². The van der Waals surface area contributed by atoms with Crippen molar-refractivity contribution in [1.82, 2.24) is 0 Å². The van der Waals surface area contributed by atoms with Gasteiger partial charge in [0.15, 0.2) is 6.10 Å². The first-order valence-corrected chi connectivity index (χ1v) is 3.92. The first kappa shape index (κ1) is 11.9. The largest absolute Gasteiger partial charge is 0.479 e. The lowest BCUT2D eigenvalue weighted by molar-refractivity contribution is -0.170. The number of rotatable bonds is 4.